The molecule has 0 saturated heterocycles. The van der Waals surface area contributed by atoms with Crippen LogP contribution in [0.15, 0.2) is 24.4 Å². The number of allylic oxidation sites excluding steroid dienone is 2. The van der Waals surface area contributed by atoms with Crippen LogP contribution in [0.2, 0.25) is 0 Å². The van der Waals surface area contributed by atoms with E-state index in [1.54, 1.807) is 17.2 Å². The van der Waals surface area contributed by atoms with Gasteiger partial charge >= 0.3 is 0 Å². The molecule has 0 fully saturated rings. The summed E-state index contributed by atoms with van der Waals surface area (Å²) in [4.78, 5) is 12.3. The molecule has 0 radical (unpaired) electrons. The number of carbonyl (C=O) groups excluding carboxylic acids is 1. The SMILES string of the molecule is C/C=C\C(C#C/C=C/N(C=O)CCCC)NN. The third-order valence-electron chi connectivity index (χ3n) is 2.06. The van der Waals surface area contributed by atoms with Crippen molar-refractivity contribution in [1.29, 1.82) is 0 Å². The lowest BCUT2D eigenvalue weighted by Crippen LogP contribution is -2.32. The summed E-state index contributed by atoms with van der Waals surface area (Å²) in [5.74, 6) is 11.0. The van der Waals surface area contributed by atoms with Gasteiger partial charge in [-0.15, -0.1) is 0 Å². The van der Waals surface area contributed by atoms with Crippen molar-refractivity contribution in [3.63, 3.8) is 0 Å². The van der Waals surface area contributed by atoms with Crippen LogP contribution < -0.4 is 11.3 Å². The summed E-state index contributed by atoms with van der Waals surface area (Å²) in [6.07, 6.45) is 9.92. The Morgan fingerprint density at radius 2 is 2.29 bits per heavy atom. The fourth-order valence-corrected chi connectivity index (χ4v) is 1.11. The number of rotatable bonds is 7. The lowest BCUT2D eigenvalue weighted by molar-refractivity contribution is -0.115. The van der Waals surface area contributed by atoms with Crippen LogP contribution in [-0.2, 0) is 4.79 Å². The van der Waals surface area contributed by atoms with Gasteiger partial charge in [0.25, 0.3) is 0 Å². The molecule has 0 heterocycles. The molecule has 0 spiro atoms. The van der Waals surface area contributed by atoms with Gasteiger partial charge in [0.15, 0.2) is 0 Å². The number of amides is 1. The molecule has 0 aliphatic carbocycles. The van der Waals surface area contributed by atoms with E-state index >= 15 is 0 Å². The van der Waals surface area contributed by atoms with Gasteiger partial charge in [0.05, 0.1) is 0 Å². The number of unbranched alkanes of at least 4 members (excludes halogenated alkanes) is 1. The highest BCUT2D eigenvalue weighted by Gasteiger charge is 1.94. The average molecular weight is 235 g/mol. The Bertz CT molecular complexity index is 312. The number of nitrogens with one attached hydrogen (secondary N) is 1. The first kappa shape index (κ1) is 15.4. The molecular weight excluding hydrogens is 214 g/mol. The Balaban J connectivity index is 4.22. The molecule has 0 aromatic rings. The van der Waals surface area contributed by atoms with Crippen molar-refractivity contribution in [2.24, 2.45) is 5.84 Å². The lowest BCUT2D eigenvalue weighted by atomic mass is 10.3. The van der Waals surface area contributed by atoms with Gasteiger partial charge in [0.1, 0.15) is 6.04 Å². The highest BCUT2D eigenvalue weighted by molar-refractivity contribution is 5.49. The zero-order chi connectivity index (χ0) is 12.9. The van der Waals surface area contributed by atoms with Crippen LogP contribution in [0.4, 0.5) is 0 Å². The second-order valence-electron chi connectivity index (χ2n) is 3.47. The van der Waals surface area contributed by atoms with Crippen LogP contribution >= 0.6 is 0 Å². The first-order valence-corrected chi connectivity index (χ1v) is 5.76. The first-order valence-electron chi connectivity index (χ1n) is 5.76. The molecule has 94 valence electrons. The highest BCUT2D eigenvalue weighted by Crippen LogP contribution is 1.92. The minimum Gasteiger partial charge on any atom is -0.321 e. The molecule has 1 atom stereocenters. The maximum atomic E-state index is 10.7. The average Bonchev–Trinajstić information content (AvgIpc) is 2.36. The van der Waals surface area contributed by atoms with Gasteiger partial charge in [-0.25, -0.2) is 5.43 Å². The van der Waals surface area contributed by atoms with Crippen LogP contribution in [0.1, 0.15) is 26.7 Å². The van der Waals surface area contributed by atoms with E-state index in [4.69, 9.17) is 5.84 Å². The second-order valence-corrected chi connectivity index (χ2v) is 3.47. The standard InChI is InChI=1S/C13H21N3O/c1-3-5-10-16(12-17)11-7-6-9-13(15-14)8-4-2/h4,7-8,11-13,15H,3,5,10,14H2,1-2H3/b8-4-,11-7+. The topological polar surface area (TPSA) is 58.4 Å². The Morgan fingerprint density at radius 3 is 2.82 bits per heavy atom. The van der Waals surface area contributed by atoms with Gasteiger partial charge < -0.3 is 4.90 Å². The molecular formula is C13H21N3O. The van der Waals surface area contributed by atoms with E-state index < -0.39 is 0 Å². The monoisotopic (exact) mass is 235 g/mol. The molecule has 1 amide bonds. The van der Waals surface area contributed by atoms with E-state index in [9.17, 15) is 4.79 Å². The molecule has 4 heteroatoms. The maximum Gasteiger partial charge on any atom is 0.213 e. The quantitative estimate of drug-likeness (QED) is 0.229. The molecule has 0 aliphatic heterocycles. The van der Waals surface area contributed by atoms with Crippen molar-refractivity contribution < 1.29 is 4.79 Å². The second kappa shape index (κ2) is 10.9. The minimum atomic E-state index is -0.162. The number of nitrogens with two attached hydrogens (primary N) is 1. The maximum absolute atomic E-state index is 10.7. The normalized spacial score (nSPS) is 12.4. The largest absolute Gasteiger partial charge is 0.321 e. The van der Waals surface area contributed by atoms with Crippen LogP contribution in [0.25, 0.3) is 0 Å². The van der Waals surface area contributed by atoms with E-state index in [2.05, 4.69) is 24.2 Å². The molecule has 0 rings (SSSR count). The van der Waals surface area contributed by atoms with E-state index in [-0.39, 0.29) is 6.04 Å². The number of hydrogen-bond donors (Lipinski definition) is 2. The number of hydrogen-bond acceptors (Lipinski definition) is 3. The van der Waals surface area contributed by atoms with Crippen LogP contribution in [0.5, 0.6) is 0 Å². The van der Waals surface area contributed by atoms with Gasteiger partial charge in [-0.05, 0) is 13.3 Å². The summed E-state index contributed by atoms with van der Waals surface area (Å²) in [6.45, 7) is 4.72. The molecule has 0 bridgehead atoms. The molecule has 4 nitrogen and oxygen atoms in total. The van der Waals surface area contributed by atoms with Crippen molar-refractivity contribution in [3.8, 4) is 11.8 Å². The van der Waals surface area contributed by atoms with Crippen LogP contribution in [0.3, 0.4) is 0 Å². The van der Waals surface area contributed by atoms with Gasteiger partial charge in [-0.3, -0.25) is 10.6 Å². The molecule has 0 saturated carbocycles. The number of nitrogens with zero attached hydrogens (tertiary/aromatic N) is 1. The van der Waals surface area contributed by atoms with E-state index in [0.29, 0.717) is 0 Å². The summed E-state index contributed by atoms with van der Waals surface area (Å²) >= 11 is 0. The highest BCUT2D eigenvalue weighted by atomic mass is 16.1. The summed E-state index contributed by atoms with van der Waals surface area (Å²) in [5.41, 5.74) is 2.56. The molecule has 1 unspecified atom stereocenters. The summed E-state index contributed by atoms with van der Waals surface area (Å²) < 4.78 is 0. The summed E-state index contributed by atoms with van der Waals surface area (Å²) in [7, 11) is 0. The summed E-state index contributed by atoms with van der Waals surface area (Å²) in [6, 6.07) is -0.162. The fourth-order valence-electron chi connectivity index (χ4n) is 1.11. The van der Waals surface area contributed by atoms with Crippen molar-refractivity contribution in [2.75, 3.05) is 6.54 Å². The predicted molar refractivity (Wildman–Crippen MR) is 70.5 cm³/mol. The molecule has 0 aromatic heterocycles. The van der Waals surface area contributed by atoms with E-state index in [0.717, 1.165) is 25.8 Å². The third kappa shape index (κ3) is 8.26. The third-order valence-corrected chi connectivity index (χ3v) is 2.06. The number of hydrazine groups is 1. The fraction of sp³-hybridized carbons (Fsp3) is 0.462. The number of carbonyl (C=O) groups is 1. The lowest BCUT2D eigenvalue weighted by Gasteiger charge is -2.09. The van der Waals surface area contributed by atoms with Gasteiger partial charge in [0.2, 0.25) is 6.41 Å². The van der Waals surface area contributed by atoms with Gasteiger partial charge in [0, 0.05) is 18.8 Å². The van der Waals surface area contributed by atoms with Crippen molar-refractivity contribution in [1.82, 2.24) is 10.3 Å². The molecule has 0 aromatic carbocycles. The van der Waals surface area contributed by atoms with E-state index in [1.807, 2.05) is 19.1 Å². The van der Waals surface area contributed by atoms with Crippen LogP contribution in [-0.4, -0.2) is 23.9 Å². The first-order chi connectivity index (χ1) is 8.28. The Morgan fingerprint density at radius 1 is 1.53 bits per heavy atom. The predicted octanol–water partition coefficient (Wildman–Crippen LogP) is 1.17. The van der Waals surface area contributed by atoms with Gasteiger partial charge in [-0.2, -0.15) is 0 Å². The zero-order valence-electron chi connectivity index (χ0n) is 10.5. The molecule has 3 N–H and O–H groups in total. The van der Waals surface area contributed by atoms with Crippen LogP contribution in [0, 0.1) is 11.8 Å². The Kier molecular flexibility index (Phi) is 9.92. The minimum absolute atomic E-state index is 0.162. The summed E-state index contributed by atoms with van der Waals surface area (Å²) in [5, 5.41) is 0. The Labute approximate surface area is 104 Å². The zero-order valence-corrected chi connectivity index (χ0v) is 10.5. The van der Waals surface area contributed by atoms with Crippen molar-refractivity contribution >= 4 is 6.41 Å². The van der Waals surface area contributed by atoms with E-state index in [1.165, 1.54) is 0 Å². The Hall–Kier alpha value is -1.57. The molecule has 17 heavy (non-hydrogen) atoms. The smallest absolute Gasteiger partial charge is 0.213 e. The van der Waals surface area contributed by atoms with Crippen molar-refractivity contribution in [2.45, 2.75) is 32.7 Å². The molecule has 0 aliphatic rings. The van der Waals surface area contributed by atoms with Crippen molar-refractivity contribution in [3.05, 3.63) is 24.4 Å². The van der Waals surface area contributed by atoms with Gasteiger partial charge in [-0.1, -0.05) is 37.3 Å².